The average Bonchev–Trinajstić information content (AvgIpc) is 2.76. The van der Waals surface area contributed by atoms with E-state index in [0.29, 0.717) is 12.8 Å². The second kappa shape index (κ2) is 15.4. The van der Waals surface area contributed by atoms with Gasteiger partial charge in [-0.05, 0) is 18.8 Å². The summed E-state index contributed by atoms with van der Waals surface area (Å²) >= 11 is 0. The third kappa shape index (κ3) is 11.4. The Hall–Kier alpha value is -3.46. The first-order valence-electron chi connectivity index (χ1n) is 10.6. The van der Waals surface area contributed by atoms with Crippen LogP contribution >= 0.6 is 0 Å². The summed E-state index contributed by atoms with van der Waals surface area (Å²) in [5.41, 5.74) is 16.3. The van der Waals surface area contributed by atoms with Gasteiger partial charge in [0.2, 0.25) is 17.7 Å². The molecule has 12 N–H and O–H groups in total. The van der Waals surface area contributed by atoms with Crippen LogP contribution in [-0.2, 0) is 24.0 Å². The zero-order chi connectivity index (χ0) is 26.4. The molecule has 3 amide bonds. The van der Waals surface area contributed by atoms with E-state index in [9.17, 15) is 29.1 Å². The lowest BCUT2D eigenvalue weighted by molar-refractivity contribution is -0.147. The molecule has 0 bridgehead atoms. The molecule has 0 rings (SSSR count). The highest BCUT2D eigenvalue weighted by molar-refractivity contribution is 5.94. The maximum Gasteiger partial charge on any atom is 0.326 e. The normalized spacial score (nSPS) is 15.1. The number of guanidine groups is 1. The highest BCUT2D eigenvalue weighted by atomic mass is 16.4. The third-order valence-electron chi connectivity index (χ3n) is 4.91. The molecule has 194 valence electrons. The molecule has 0 spiro atoms. The number of aliphatic hydroxyl groups excluding tert-OH is 1. The van der Waals surface area contributed by atoms with Gasteiger partial charge in [-0.25, -0.2) is 4.79 Å². The van der Waals surface area contributed by atoms with Crippen molar-refractivity contribution in [3.8, 4) is 0 Å². The Bertz CT molecular complexity index is 757. The molecule has 0 saturated carbocycles. The molecule has 0 aliphatic rings. The van der Waals surface area contributed by atoms with Gasteiger partial charge < -0.3 is 48.5 Å². The fourth-order valence-corrected chi connectivity index (χ4v) is 2.72. The number of hydrogen-bond acceptors (Lipinski definition) is 8. The van der Waals surface area contributed by atoms with Gasteiger partial charge in [-0.15, -0.1) is 0 Å². The van der Waals surface area contributed by atoms with Crippen molar-refractivity contribution in [2.24, 2.45) is 28.1 Å². The van der Waals surface area contributed by atoms with E-state index in [4.69, 9.17) is 27.4 Å². The fraction of sp³-hybridized carbons (Fsp3) is 0.684. The van der Waals surface area contributed by atoms with E-state index in [1.807, 2.05) is 5.32 Å². The molecule has 15 heteroatoms. The van der Waals surface area contributed by atoms with Gasteiger partial charge in [0.25, 0.3) is 0 Å². The summed E-state index contributed by atoms with van der Waals surface area (Å²) < 4.78 is 0. The number of aliphatic hydroxyl groups is 1. The Kier molecular flexibility index (Phi) is 13.8. The number of rotatable bonds is 16. The minimum Gasteiger partial charge on any atom is -0.481 e. The van der Waals surface area contributed by atoms with E-state index in [2.05, 4.69) is 15.6 Å². The lowest BCUT2D eigenvalue weighted by Crippen LogP contribution is -2.59. The van der Waals surface area contributed by atoms with Crippen molar-refractivity contribution in [1.82, 2.24) is 16.0 Å². The smallest absolute Gasteiger partial charge is 0.326 e. The van der Waals surface area contributed by atoms with E-state index in [1.165, 1.54) is 0 Å². The molecule has 5 unspecified atom stereocenters. The van der Waals surface area contributed by atoms with Crippen molar-refractivity contribution in [2.75, 3.05) is 13.2 Å². The summed E-state index contributed by atoms with van der Waals surface area (Å²) in [6, 6.07) is -5.42. The molecule has 0 aromatic carbocycles. The van der Waals surface area contributed by atoms with Crippen LogP contribution in [0.4, 0.5) is 0 Å². The standard InChI is InChI=1S/C19H35N7O8/c1-3-9(2)14(26-15(30)10(20)5-4-6-23-19(21)22)17(32)25-12(8-27)16(31)24-11(18(33)34)7-13(28)29/h9-12,14,27H,3-8,20H2,1-2H3,(H,24,31)(H,25,32)(H,26,30)(H,28,29)(H,33,34)(H4,21,22,23). The molecule has 0 aromatic heterocycles. The van der Waals surface area contributed by atoms with Gasteiger partial charge in [0, 0.05) is 6.54 Å². The Morgan fingerprint density at radius 3 is 2.00 bits per heavy atom. The van der Waals surface area contributed by atoms with Gasteiger partial charge in [-0.1, -0.05) is 20.3 Å². The summed E-state index contributed by atoms with van der Waals surface area (Å²) in [5, 5.41) is 34.0. The van der Waals surface area contributed by atoms with Gasteiger partial charge in [-0.3, -0.25) is 24.2 Å². The summed E-state index contributed by atoms with van der Waals surface area (Å²) in [6.45, 7) is 2.82. The average molecular weight is 490 g/mol. The number of nitrogens with zero attached hydrogens (tertiary/aromatic N) is 1. The minimum atomic E-state index is -1.77. The predicted molar refractivity (Wildman–Crippen MR) is 120 cm³/mol. The molecule has 0 radical (unpaired) electrons. The number of carbonyl (C=O) groups is 5. The van der Waals surface area contributed by atoms with Crippen LogP contribution in [0.3, 0.4) is 0 Å². The maximum absolute atomic E-state index is 12.8. The summed E-state index contributed by atoms with van der Waals surface area (Å²) in [7, 11) is 0. The van der Waals surface area contributed by atoms with Crippen molar-refractivity contribution in [3.63, 3.8) is 0 Å². The molecule has 34 heavy (non-hydrogen) atoms. The molecule has 0 aliphatic carbocycles. The molecule has 5 atom stereocenters. The van der Waals surface area contributed by atoms with Crippen LogP contribution < -0.4 is 33.2 Å². The third-order valence-corrected chi connectivity index (χ3v) is 4.91. The van der Waals surface area contributed by atoms with E-state index in [-0.39, 0.29) is 24.8 Å². The molecule has 0 saturated heterocycles. The SMILES string of the molecule is CCC(C)C(NC(=O)C(N)CCCN=C(N)N)C(=O)NC(CO)C(=O)NC(CC(=O)O)C(=O)O. The number of nitrogens with one attached hydrogen (secondary N) is 3. The van der Waals surface area contributed by atoms with E-state index in [1.54, 1.807) is 13.8 Å². The first-order chi connectivity index (χ1) is 15.8. The van der Waals surface area contributed by atoms with Crippen LogP contribution in [0.15, 0.2) is 4.99 Å². The Labute approximate surface area is 196 Å². The van der Waals surface area contributed by atoms with Crippen LogP contribution in [0.5, 0.6) is 0 Å². The van der Waals surface area contributed by atoms with Crippen molar-refractivity contribution in [1.29, 1.82) is 0 Å². The van der Waals surface area contributed by atoms with Crippen molar-refractivity contribution < 1.29 is 39.3 Å². The number of aliphatic imine (C=N–C) groups is 1. The summed E-state index contributed by atoms with van der Waals surface area (Å²) in [4.78, 5) is 63.3. The quantitative estimate of drug-likeness (QED) is 0.0580. The van der Waals surface area contributed by atoms with Crippen molar-refractivity contribution in [3.05, 3.63) is 0 Å². The topological polar surface area (TPSA) is 273 Å². The van der Waals surface area contributed by atoms with Gasteiger partial charge in [0.1, 0.15) is 18.1 Å². The maximum atomic E-state index is 12.8. The van der Waals surface area contributed by atoms with E-state index in [0.717, 1.165) is 0 Å². The molecular formula is C19H35N7O8. The molecule has 0 fully saturated rings. The minimum absolute atomic E-state index is 0.0911. The van der Waals surface area contributed by atoms with Crippen molar-refractivity contribution >= 4 is 35.6 Å². The second-order valence-corrected chi connectivity index (χ2v) is 7.67. The lowest BCUT2D eigenvalue weighted by Gasteiger charge is -2.27. The van der Waals surface area contributed by atoms with Crippen LogP contribution in [-0.4, -0.2) is 88.3 Å². The molecule has 0 aliphatic heterocycles. The fourth-order valence-electron chi connectivity index (χ4n) is 2.72. The van der Waals surface area contributed by atoms with Crippen LogP contribution in [0.2, 0.25) is 0 Å². The predicted octanol–water partition coefficient (Wildman–Crippen LogP) is -3.58. The zero-order valence-corrected chi connectivity index (χ0v) is 19.2. The Morgan fingerprint density at radius 2 is 1.53 bits per heavy atom. The first-order valence-corrected chi connectivity index (χ1v) is 10.6. The monoisotopic (exact) mass is 489 g/mol. The number of nitrogens with two attached hydrogens (primary N) is 3. The molecule has 0 aromatic rings. The van der Waals surface area contributed by atoms with Gasteiger partial charge >= 0.3 is 11.9 Å². The van der Waals surface area contributed by atoms with E-state index < -0.39 is 66.9 Å². The highest BCUT2D eigenvalue weighted by Gasteiger charge is 2.32. The largest absolute Gasteiger partial charge is 0.481 e. The Morgan fingerprint density at radius 1 is 0.941 bits per heavy atom. The first kappa shape index (κ1) is 30.5. The lowest BCUT2D eigenvalue weighted by atomic mass is 9.97. The van der Waals surface area contributed by atoms with Crippen LogP contribution in [0, 0.1) is 5.92 Å². The van der Waals surface area contributed by atoms with Gasteiger partial charge in [-0.2, -0.15) is 0 Å². The number of aliphatic carboxylic acids is 2. The van der Waals surface area contributed by atoms with Gasteiger partial charge in [0.05, 0.1) is 19.1 Å². The number of hydrogen-bond donors (Lipinski definition) is 9. The van der Waals surface area contributed by atoms with Crippen LogP contribution in [0.1, 0.15) is 39.5 Å². The van der Waals surface area contributed by atoms with Crippen molar-refractivity contribution in [2.45, 2.75) is 63.7 Å². The summed E-state index contributed by atoms with van der Waals surface area (Å²) in [5.74, 6) is -6.08. The Balaban J connectivity index is 5.22. The highest BCUT2D eigenvalue weighted by Crippen LogP contribution is 2.09. The summed E-state index contributed by atoms with van der Waals surface area (Å²) in [6.07, 6.45) is 0.216. The molecule has 0 heterocycles. The van der Waals surface area contributed by atoms with Gasteiger partial charge in [0.15, 0.2) is 5.96 Å². The number of amides is 3. The van der Waals surface area contributed by atoms with Crippen LogP contribution in [0.25, 0.3) is 0 Å². The molecule has 15 nitrogen and oxygen atoms in total. The number of carboxylic acids is 2. The second-order valence-electron chi connectivity index (χ2n) is 7.67. The van der Waals surface area contributed by atoms with E-state index >= 15 is 0 Å². The number of carboxylic acid groups (broad SMARTS) is 2. The number of carbonyl (C=O) groups excluding carboxylic acids is 3. The zero-order valence-electron chi connectivity index (χ0n) is 19.2. The molecular weight excluding hydrogens is 454 g/mol.